The van der Waals surface area contributed by atoms with E-state index >= 15 is 0 Å². The molecule has 1 amide bonds. The number of hydrogen-bond donors (Lipinski definition) is 2. The van der Waals surface area contributed by atoms with Gasteiger partial charge < -0.3 is 11.1 Å². The zero-order valence-electron chi connectivity index (χ0n) is 12.2. The van der Waals surface area contributed by atoms with Crippen molar-refractivity contribution in [3.63, 3.8) is 0 Å². The van der Waals surface area contributed by atoms with Crippen LogP contribution in [0.1, 0.15) is 32.6 Å². The third kappa shape index (κ3) is 3.18. The fraction of sp³-hybridized carbons (Fsp3) is 0.235. The molecule has 0 fully saturated rings. The maximum absolute atomic E-state index is 11.1. The van der Waals surface area contributed by atoms with Gasteiger partial charge in [-0.15, -0.1) is 0 Å². The number of benzene rings is 2. The number of primary amides is 1. The number of rotatable bonds is 4. The lowest BCUT2D eigenvalue weighted by molar-refractivity contribution is 0.1000. The topological polar surface area (TPSA) is 55.1 Å². The Balaban J connectivity index is 2.13. The zero-order valence-corrected chi connectivity index (χ0v) is 12.2. The van der Waals surface area contributed by atoms with Gasteiger partial charge in [0.25, 0.3) is 0 Å². The summed E-state index contributed by atoms with van der Waals surface area (Å²) in [4.78, 5) is 11.1. The summed E-state index contributed by atoms with van der Waals surface area (Å²) in [6.45, 7) is 6.90. The number of nitrogens with one attached hydrogen (secondary N) is 1. The third-order valence-corrected chi connectivity index (χ3v) is 3.48. The maximum atomic E-state index is 11.1. The van der Waals surface area contributed by atoms with Gasteiger partial charge in [0.15, 0.2) is 0 Å². The van der Waals surface area contributed by atoms with Crippen LogP contribution in [0, 0.1) is 20.8 Å². The summed E-state index contributed by atoms with van der Waals surface area (Å²) in [6, 6.07) is 11.9. The molecule has 0 spiro atoms. The lowest BCUT2D eigenvalue weighted by Crippen LogP contribution is -2.12. The van der Waals surface area contributed by atoms with Gasteiger partial charge in [0.05, 0.1) is 0 Å². The Morgan fingerprint density at radius 2 is 1.80 bits per heavy atom. The highest BCUT2D eigenvalue weighted by atomic mass is 16.1. The van der Waals surface area contributed by atoms with E-state index in [9.17, 15) is 4.79 Å². The first-order chi connectivity index (χ1) is 9.47. The molecule has 0 heterocycles. The molecule has 0 aliphatic heterocycles. The molecule has 2 aromatic rings. The molecule has 0 bridgehead atoms. The Morgan fingerprint density at radius 1 is 1.05 bits per heavy atom. The number of hydrogen-bond acceptors (Lipinski definition) is 2. The minimum absolute atomic E-state index is 0.387. The molecule has 0 unspecified atom stereocenters. The van der Waals surface area contributed by atoms with E-state index < -0.39 is 0 Å². The van der Waals surface area contributed by atoms with Crippen molar-refractivity contribution in [1.29, 1.82) is 0 Å². The summed E-state index contributed by atoms with van der Waals surface area (Å²) in [5.74, 6) is -0.387. The lowest BCUT2D eigenvalue weighted by Gasteiger charge is -2.12. The Bertz CT molecular complexity index is 647. The Labute approximate surface area is 119 Å². The second-order valence-electron chi connectivity index (χ2n) is 5.18. The van der Waals surface area contributed by atoms with Crippen LogP contribution in [0.5, 0.6) is 0 Å². The van der Waals surface area contributed by atoms with Gasteiger partial charge in [-0.2, -0.15) is 0 Å². The molecule has 0 saturated carbocycles. The van der Waals surface area contributed by atoms with Gasteiger partial charge in [-0.1, -0.05) is 23.8 Å². The zero-order chi connectivity index (χ0) is 14.7. The van der Waals surface area contributed by atoms with E-state index in [0.29, 0.717) is 5.56 Å². The van der Waals surface area contributed by atoms with Gasteiger partial charge in [-0.05, 0) is 55.7 Å². The molecule has 0 radical (unpaired) electrons. The van der Waals surface area contributed by atoms with Crippen LogP contribution in [0.3, 0.4) is 0 Å². The van der Waals surface area contributed by atoms with Crippen molar-refractivity contribution in [3.8, 4) is 0 Å². The fourth-order valence-electron chi connectivity index (χ4n) is 2.25. The van der Waals surface area contributed by atoms with E-state index in [0.717, 1.165) is 23.4 Å². The summed E-state index contributed by atoms with van der Waals surface area (Å²) >= 11 is 0. The van der Waals surface area contributed by atoms with Gasteiger partial charge in [-0.25, -0.2) is 0 Å². The quantitative estimate of drug-likeness (QED) is 0.893. The summed E-state index contributed by atoms with van der Waals surface area (Å²) < 4.78 is 0. The predicted octanol–water partition coefficient (Wildman–Crippen LogP) is 3.32. The Hall–Kier alpha value is -2.29. The number of nitrogens with two attached hydrogens (primary N) is 1. The molecule has 0 aliphatic rings. The molecule has 0 aromatic heterocycles. The van der Waals surface area contributed by atoms with Gasteiger partial charge >= 0.3 is 0 Å². The average Bonchev–Trinajstić information content (AvgIpc) is 2.38. The highest BCUT2D eigenvalue weighted by molar-refractivity contribution is 5.93. The van der Waals surface area contributed by atoms with E-state index in [1.54, 1.807) is 6.07 Å². The minimum Gasteiger partial charge on any atom is -0.381 e. The number of amides is 1. The standard InChI is InChI=1S/C17H20N2O/c1-11-4-7-16(13(3)8-11)19-10-15-6-5-14(17(18)20)9-12(15)2/h4-9,19H,10H2,1-3H3,(H2,18,20). The average molecular weight is 268 g/mol. The first-order valence-corrected chi connectivity index (χ1v) is 6.68. The number of carbonyl (C=O) groups excluding carboxylic acids is 1. The normalized spacial score (nSPS) is 10.3. The van der Waals surface area contributed by atoms with Crippen LogP contribution in [0.25, 0.3) is 0 Å². The number of carbonyl (C=O) groups is 1. The van der Waals surface area contributed by atoms with Crippen molar-refractivity contribution in [3.05, 3.63) is 64.2 Å². The molecular weight excluding hydrogens is 248 g/mol. The maximum Gasteiger partial charge on any atom is 0.248 e. The second kappa shape index (κ2) is 5.78. The van der Waals surface area contributed by atoms with Crippen molar-refractivity contribution < 1.29 is 4.79 Å². The molecule has 0 saturated heterocycles. The summed E-state index contributed by atoms with van der Waals surface area (Å²) in [5.41, 5.74) is 11.7. The van der Waals surface area contributed by atoms with Gasteiger partial charge in [-0.3, -0.25) is 4.79 Å². The summed E-state index contributed by atoms with van der Waals surface area (Å²) in [7, 11) is 0. The van der Waals surface area contributed by atoms with Crippen molar-refractivity contribution in [2.45, 2.75) is 27.3 Å². The van der Waals surface area contributed by atoms with E-state index in [1.165, 1.54) is 11.1 Å². The van der Waals surface area contributed by atoms with Gasteiger partial charge in [0, 0.05) is 17.8 Å². The second-order valence-corrected chi connectivity index (χ2v) is 5.18. The first kappa shape index (κ1) is 14.1. The minimum atomic E-state index is -0.387. The van der Waals surface area contributed by atoms with Gasteiger partial charge in [0.1, 0.15) is 0 Å². The molecule has 2 aromatic carbocycles. The van der Waals surface area contributed by atoms with Crippen molar-refractivity contribution >= 4 is 11.6 Å². The Kier molecular flexibility index (Phi) is 4.08. The SMILES string of the molecule is Cc1ccc(NCc2ccc(C(N)=O)cc2C)c(C)c1. The highest BCUT2D eigenvalue weighted by Gasteiger charge is 2.05. The molecular formula is C17H20N2O. The smallest absolute Gasteiger partial charge is 0.248 e. The van der Waals surface area contributed by atoms with Crippen LogP contribution in [0.2, 0.25) is 0 Å². The van der Waals surface area contributed by atoms with Crippen LogP contribution >= 0.6 is 0 Å². The van der Waals surface area contributed by atoms with E-state index in [1.807, 2.05) is 19.1 Å². The predicted molar refractivity (Wildman–Crippen MR) is 82.9 cm³/mol. The molecule has 3 N–H and O–H groups in total. The highest BCUT2D eigenvalue weighted by Crippen LogP contribution is 2.18. The molecule has 3 nitrogen and oxygen atoms in total. The Morgan fingerprint density at radius 3 is 2.40 bits per heavy atom. The molecule has 0 aliphatic carbocycles. The van der Waals surface area contributed by atoms with Crippen LogP contribution in [0.15, 0.2) is 36.4 Å². The summed E-state index contributed by atoms with van der Waals surface area (Å²) in [6.07, 6.45) is 0. The monoisotopic (exact) mass is 268 g/mol. The fourth-order valence-corrected chi connectivity index (χ4v) is 2.25. The van der Waals surface area contributed by atoms with E-state index in [2.05, 4.69) is 37.4 Å². The molecule has 3 heteroatoms. The molecule has 20 heavy (non-hydrogen) atoms. The van der Waals surface area contributed by atoms with Crippen LogP contribution in [0.4, 0.5) is 5.69 Å². The number of anilines is 1. The van der Waals surface area contributed by atoms with Crippen LogP contribution in [-0.2, 0) is 6.54 Å². The third-order valence-electron chi connectivity index (χ3n) is 3.48. The lowest BCUT2D eigenvalue weighted by atomic mass is 10.0. The van der Waals surface area contributed by atoms with Crippen molar-refractivity contribution in [2.75, 3.05) is 5.32 Å². The van der Waals surface area contributed by atoms with Crippen LogP contribution < -0.4 is 11.1 Å². The van der Waals surface area contributed by atoms with Crippen LogP contribution in [-0.4, -0.2) is 5.91 Å². The largest absolute Gasteiger partial charge is 0.381 e. The molecule has 0 atom stereocenters. The van der Waals surface area contributed by atoms with E-state index in [-0.39, 0.29) is 5.91 Å². The van der Waals surface area contributed by atoms with Crippen molar-refractivity contribution in [2.24, 2.45) is 5.73 Å². The van der Waals surface area contributed by atoms with E-state index in [4.69, 9.17) is 5.73 Å². The molecule has 104 valence electrons. The molecule has 2 rings (SSSR count). The summed E-state index contributed by atoms with van der Waals surface area (Å²) in [5, 5.41) is 3.43. The van der Waals surface area contributed by atoms with Gasteiger partial charge in [0.2, 0.25) is 5.91 Å². The number of aryl methyl sites for hydroxylation is 3. The van der Waals surface area contributed by atoms with Crippen molar-refractivity contribution in [1.82, 2.24) is 0 Å². The first-order valence-electron chi connectivity index (χ1n) is 6.68.